The molecule has 1 fully saturated rings. The Balaban J connectivity index is 2.19. The number of sulfonamides is 1. The summed E-state index contributed by atoms with van der Waals surface area (Å²) < 4.78 is 38.5. The molecule has 1 atom stereocenters. The minimum absolute atomic E-state index is 0.127. The molecule has 1 aromatic rings. The lowest BCUT2D eigenvalue weighted by Gasteiger charge is -2.36. The predicted molar refractivity (Wildman–Crippen MR) is 82.4 cm³/mol. The van der Waals surface area contributed by atoms with E-state index in [1.807, 2.05) is 17.9 Å². The highest BCUT2D eigenvalue weighted by molar-refractivity contribution is 7.88. The van der Waals surface area contributed by atoms with E-state index >= 15 is 0 Å². The molecular formula is C14H22FN3O2S. The molecule has 2 rings (SSSR count). The van der Waals surface area contributed by atoms with Crippen LogP contribution in [0, 0.1) is 5.82 Å². The molecular weight excluding hydrogens is 293 g/mol. The smallest absolute Gasteiger partial charge is 0.211 e. The quantitative estimate of drug-likeness (QED) is 0.892. The van der Waals surface area contributed by atoms with Crippen molar-refractivity contribution in [2.24, 2.45) is 5.73 Å². The maximum absolute atomic E-state index is 14.0. The Morgan fingerprint density at radius 3 is 2.43 bits per heavy atom. The minimum Gasteiger partial charge on any atom is -0.369 e. The van der Waals surface area contributed by atoms with E-state index in [0.29, 0.717) is 38.2 Å². The molecule has 1 aliphatic heterocycles. The minimum atomic E-state index is -3.16. The van der Waals surface area contributed by atoms with E-state index < -0.39 is 10.0 Å². The molecule has 0 aliphatic carbocycles. The molecule has 1 aromatic carbocycles. The summed E-state index contributed by atoms with van der Waals surface area (Å²) in [5.74, 6) is -0.254. The molecule has 118 valence electrons. The van der Waals surface area contributed by atoms with Gasteiger partial charge in [0.2, 0.25) is 10.0 Å². The molecule has 0 saturated carbocycles. The van der Waals surface area contributed by atoms with Gasteiger partial charge in [0.1, 0.15) is 5.82 Å². The maximum Gasteiger partial charge on any atom is 0.211 e. The van der Waals surface area contributed by atoms with Crippen LogP contribution in [0.15, 0.2) is 18.2 Å². The van der Waals surface area contributed by atoms with Gasteiger partial charge in [-0.3, -0.25) is 0 Å². The zero-order chi connectivity index (χ0) is 15.6. The van der Waals surface area contributed by atoms with E-state index in [1.165, 1.54) is 16.6 Å². The molecule has 0 spiro atoms. The number of halogens is 1. The first-order chi connectivity index (χ1) is 9.79. The average molecular weight is 315 g/mol. The van der Waals surface area contributed by atoms with Gasteiger partial charge >= 0.3 is 0 Å². The summed E-state index contributed by atoms with van der Waals surface area (Å²) >= 11 is 0. The molecule has 21 heavy (non-hydrogen) atoms. The lowest BCUT2D eigenvalue weighted by atomic mass is 10.0. The second-order valence-corrected chi connectivity index (χ2v) is 7.55. The van der Waals surface area contributed by atoms with Gasteiger partial charge in [0.25, 0.3) is 0 Å². The van der Waals surface area contributed by atoms with Crippen LogP contribution in [0.5, 0.6) is 0 Å². The Morgan fingerprint density at radius 2 is 1.90 bits per heavy atom. The van der Waals surface area contributed by atoms with Gasteiger partial charge < -0.3 is 10.6 Å². The molecule has 0 aromatic heterocycles. The Morgan fingerprint density at radius 1 is 1.29 bits per heavy atom. The van der Waals surface area contributed by atoms with Gasteiger partial charge in [-0.15, -0.1) is 0 Å². The van der Waals surface area contributed by atoms with Crippen molar-refractivity contribution in [2.75, 3.05) is 37.3 Å². The Labute approximate surface area is 125 Å². The van der Waals surface area contributed by atoms with E-state index in [0.717, 1.165) is 5.69 Å². The van der Waals surface area contributed by atoms with Crippen molar-refractivity contribution < 1.29 is 12.8 Å². The molecule has 0 radical (unpaired) electrons. The summed E-state index contributed by atoms with van der Waals surface area (Å²) in [4.78, 5) is 2.03. The van der Waals surface area contributed by atoms with Crippen LogP contribution in [0.2, 0.25) is 0 Å². The fourth-order valence-electron chi connectivity index (χ4n) is 2.63. The normalized spacial score (nSPS) is 18.8. The van der Waals surface area contributed by atoms with E-state index in [-0.39, 0.29) is 11.9 Å². The molecule has 0 amide bonds. The summed E-state index contributed by atoms with van der Waals surface area (Å²) in [6.07, 6.45) is 1.68. The van der Waals surface area contributed by atoms with Gasteiger partial charge in [-0.05, 0) is 25.5 Å². The standard InChI is InChI=1S/C14H22FN3O2S/c1-11(16)10-12-13(15)4-3-5-14(12)17-6-8-18(9-7-17)21(2,19)20/h3-5,11H,6-10,16H2,1-2H3. The Kier molecular flexibility index (Phi) is 4.85. The van der Waals surface area contributed by atoms with Crippen molar-refractivity contribution in [2.45, 2.75) is 19.4 Å². The second-order valence-electron chi connectivity index (χ2n) is 5.57. The van der Waals surface area contributed by atoms with Crippen LogP contribution < -0.4 is 10.6 Å². The summed E-state index contributed by atoms with van der Waals surface area (Å²) in [5, 5.41) is 0. The van der Waals surface area contributed by atoms with Crippen LogP contribution in [-0.2, 0) is 16.4 Å². The first-order valence-electron chi connectivity index (χ1n) is 7.02. The van der Waals surface area contributed by atoms with Gasteiger partial charge in [0.05, 0.1) is 6.26 Å². The van der Waals surface area contributed by atoms with Gasteiger partial charge in [-0.1, -0.05) is 6.07 Å². The van der Waals surface area contributed by atoms with Crippen molar-refractivity contribution in [3.63, 3.8) is 0 Å². The molecule has 1 saturated heterocycles. The number of hydrogen-bond donors (Lipinski definition) is 1. The molecule has 5 nitrogen and oxygen atoms in total. The first kappa shape index (κ1) is 16.2. The van der Waals surface area contributed by atoms with E-state index in [1.54, 1.807) is 6.07 Å². The number of benzene rings is 1. The maximum atomic E-state index is 14.0. The van der Waals surface area contributed by atoms with E-state index in [9.17, 15) is 12.8 Å². The number of nitrogens with zero attached hydrogens (tertiary/aromatic N) is 2. The summed E-state index contributed by atoms with van der Waals surface area (Å²) in [5.41, 5.74) is 7.23. The molecule has 1 aliphatic rings. The van der Waals surface area contributed by atoms with Gasteiger partial charge in [-0.2, -0.15) is 4.31 Å². The zero-order valence-corrected chi connectivity index (χ0v) is 13.2. The second kappa shape index (κ2) is 6.29. The third-order valence-corrected chi connectivity index (χ3v) is 4.97. The van der Waals surface area contributed by atoms with Crippen LogP contribution in [0.25, 0.3) is 0 Å². The highest BCUT2D eigenvalue weighted by Gasteiger charge is 2.25. The number of piperazine rings is 1. The van der Waals surface area contributed by atoms with Gasteiger partial charge in [0.15, 0.2) is 0 Å². The number of hydrogen-bond acceptors (Lipinski definition) is 4. The molecule has 1 unspecified atom stereocenters. The van der Waals surface area contributed by atoms with Crippen LogP contribution in [0.1, 0.15) is 12.5 Å². The van der Waals surface area contributed by atoms with Crippen molar-refractivity contribution in [1.29, 1.82) is 0 Å². The summed E-state index contributed by atoms with van der Waals surface area (Å²) in [6.45, 7) is 3.81. The topological polar surface area (TPSA) is 66.6 Å². The summed E-state index contributed by atoms with van der Waals surface area (Å²) in [6, 6.07) is 4.86. The van der Waals surface area contributed by atoms with Crippen LogP contribution >= 0.6 is 0 Å². The van der Waals surface area contributed by atoms with Crippen LogP contribution in [0.4, 0.5) is 10.1 Å². The van der Waals surface area contributed by atoms with E-state index in [4.69, 9.17) is 5.73 Å². The Hall–Kier alpha value is -1.18. The zero-order valence-electron chi connectivity index (χ0n) is 12.4. The molecule has 2 N–H and O–H groups in total. The van der Waals surface area contributed by atoms with Gasteiger partial charge in [-0.25, -0.2) is 12.8 Å². The number of rotatable bonds is 4. The highest BCUT2D eigenvalue weighted by Crippen LogP contribution is 2.26. The monoisotopic (exact) mass is 315 g/mol. The number of nitrogens with two attached hydrogens (primary N) is 1. The molecule has 0 bridgehead atoms. The lowest BCUT2D eigenvalue weighted by molar-refractivity contribution is 0.387. The third-order valence-electron chi connectivity index (χ3n) is 3.67. The first-order valence-corrected chi connectivity index (χ1v) is 8.87. The predicted octanol–water partition coefficient (Wildman–Crippen LogP) is 0.797. The fraction of sp³-hybridized carbons (Fsp3) is 0.571. The van der Waals surface area contributed by atoms with Crippen LogP contribution in [0.3, 0.4) is 0 Å². The SMILES string of the molecule is CC(N)Cc1c(F)cccc1N1CCN(S(C)(=O)=O)CC1. The number of anilines is 1. The summed E-state index contributed by atoms with van der Waals surface area (Å²) in [7, 11) is -3.16. The van der Waals surface area contributed by atoms with Crippen LogP contribution in [-0.4, -0.2) is 51.2 Å². The molecule has 7 heteroatoms. The van der Waals surface area contributed by atoms with E-state index in [2.05, 4.69) is 0 Å². The largest absolute Gasteiger partial charge is 0.369 e. The lowest BCUT2D eigenvalue weighted by Crippen LogP contribution is -2.48. The van der Waals surface area contributed by atoms with Crippen molar-refractivity contribution in [3.8, 4) is 0 Å². The average Bonchev–Trinajstić information content (AvgIpc) is 2.40. The van der Waals surface area contributed by atoms with Crippen molar-refractivity contribution >= 4 is 15.7 Å². The molecule has 1 heterocycles. The third kappa shape index (κ3) is 3.93. The van der Waals surface area contributed by atoms with Crippen molar-refractivity contribution in [1.82, 2.24) is 4.31 Å². The Bertz CT molecular complexity index is 596. The fourth-order valence-corrected chi connectivity index (χ4v) is 3.45. The van der Waals surface area contributed by atoms with Gasteiger partial charge in [0, 0.05) is 43.5 Å². The van der Waals surface area contributed by atoms with Crippen molar-refractivity contribution in [3.05, 3.63) is 29.6 Å². The highest BCUT2D eigenvalue weighted by atomic mass is 32.2.